The molecule has 1 atom stereocenters. The van der Waals surface area contributed by atoms with Crippen molar-refractivity contribution in [2.75, 3.05) is 25.1 Å². The molecule has 1 N–H and O–H groups in total. The first-order valence-electron chi connectivity index (χ1n) is 14.6. The minimum atomic E-state index is -4.19. The van der Waals surface area contributed by atoms with Gasteiger partial charge in [-0.05, 0) is 68.7 Å². The van der Waals surface area contributed by atoms with E-state index in [0.717, 1.165) is 47.5 Å². The Kier molecular flexibility index (Phi) is 10.7. The summed E-state index contributed by atoms with van der Waals surface area (Å²) in [6.45, 7) is 3.12. The van der Waals surface area contributed by atoms with Gasteiger partial charge in [0.05, 0.1) is 24.8 Å². The molecule has 3 aromatic carbocycles. The molecule has 0 aliphatic heterocycles. The lowest BCUT2D eigenvalue weighted by Crippen LogP contribution is -2.53. The number of para-hydroxylation sites is 2. The van der Waals surface area contributed by atoms with Crippen molar-refractivity contribution >= 4 is 27.5 Å². The van der Waals surface area contributed by atoms with Gasteiger partial charge in [-0.25, -0.2) is 8.42 Å². The molecule has 2 amide bonds. The van der Waals surface area contributed by atoms with E-state index in [9.17, 15) is 18.0 Å². The van der Waals surface area contributed by atoms with Gasteiger partial charge in [0, 0.05) is 12.6 Å². The number of benzene rings is 3. The number of carbonyl (C=O) groups is 2. The number of amides is 2. The van der Waals surface area contributed by atoms with Gasteiger partial charge >= 0.3 is 0 Å². The fraction of sp³-hybridized carbons (Fsp3) is 0.394. The monoisotopic (exact) mass is 607 g/mol. The van der Waals surface area contributed by atoms with Crippen LogP contribution in [0.1, 0.15) is 50.2 Å². The van der Waals surface area contributed by atoms with Crippen LogP contribution in [0, 0.1) is 6.92 Å². The first kappa shape index (κ1) is 31.9. The van der Waals surface area contributed by atoms with Crippen molar-refractivity contribution in [1.29, 1.82) is 0 Å². The average Bonchev–Trinajstić information content (AvgIpc) is 3.03. The van der Waals surface area contributed by atoms with Gasteiger partial charge in [-0.15, -0.1) is 0 Å². The molecule has 9 nitrogen and oxygen atoms in total. The van der Waals surface area contributed by atoms with E-state index in [1.165, 1.54) is 24.1 Å². The highest BCUT2D eigenvalue weighted by Gasteiger charge is 2.34. The Hall–Kier alpha value is -4.05. The lowest BCUT2D eigenvalue weighted by molar-refractivity contribution is -0.139. The van der Waals surface area contributed by atoms with Crippen molar-refractivity contribution in [3.05, 3.63) is 83.9 Å². The quantitative estimate of drug-likeness (QED) is 0.308. The molecule has 0 spiro atoms. The van der Waals surface area contributed by atoms with Gasteiger partial charge in [0.15, 0.2) is 0 Å². The molecule has 0 radical (unpaired) electrons. The van der Waals surface area contributed by atoms with Crippen molar-refractivity contribution in [2.24, 2.45) is 0 Å². The van der Waals surface area contributed by atoms with Gasteiger partial charge in [-0.1, -0.05) is 61.2 Å². The molecule has 1 aliphatic carbocycles. The molecule has 4 rings (SSSR count). The van der Waals surface area contributed by atoms with Crippen LogP contribution in [0.3, 0.4) is 0 Å². The summed E-state index contributed by atoms with van der Waals surface area (Å²) >= 11 is 0. The number of anilines is 1. The SMILES string of the molecule is COc1ccc(CN(C(=O)CN(c2ccccc2OC)S(=O)(=O)c2ccc(C)cc2)C(C)C(=O)NC2CCCCC2)cc1. The summed E-state index contributed by atoms with van der Waals surface area (Å²) in [4.78, 5) is 29.2. The highest BCUT2D eigenvalue weighted by molar-refractivity contribution is 7.92. The summed E-state index contributed by atoms with van der Waals surface area (Å²) in [7, 11) is -1.17. The zero-order chi connectivity index (χ0) is 31.0. The van der Waals surface area contributed by atoms with Crippen molar-refractivity contribution in [1.82, 2.24) is 10.2 Å². The molecule has 10 heteroatoms. The van der Waals surface area contributed by atoms with Gasteiger partial charge in [0.25, 0.3) is 10.0 Å². The van der Waals surface area contributed by atoms with Crippen LogP contribution in [-0.2, 0) is 26.2 Å². The second-order valence-electron chi connectivity index (χ2n) is 10.9. The summed E-state index contributed by atoms with van der Waals surface area (Å²) in [5.74, 6) is 0.176. The Morgan fingerprint density at radius 3 is 2.19 bits per heavy atom. The largest absolute Gasteiger partial charge is 0.497 e. The average molecular weight is 608 g/mol. The van der Waals surface area contributed by atoms with Crippen molar-refractivity contribution in [3.63, 3.8) is 0 Å². The Morgan fingerprint density at radius 1 is 0.907 bits per heavy atom. The summed E-state index contributed by atoms with van der Waals surface area (Å²) in [6.07, 6.45) is 5.07. The third kappa shape index (κ3) is 7.87. The van der Waals surface area contributed by atoms with Crippen molar-refractivity contribution < 1.29 is 27.5 Å². The predicted molar refractivity (Wildman–Crippen MR) is 167 cm³/mol. The fourth-order valence-corrected chi connectivity index (χ4v) is 6.69. The van der Waals surface area contributed by atoms with Gasteiger partial charge in [-0.2, -0.15) is 0 Å². The number of carbonyl (C=O) groups excluding carboxylic acids is 2. The molecular weight excluding hydrogens is 566 g/mol. The molecular formula is C33H41N3O6S. The zero-order valence-electron chi connectivity index (χ0n) is 25.3. The second kappa shape index (κ2) is 14.4. The summed E-state index contributed by atoms with van der Waals surface area (Å²) < 4.78 is 40.0. The molecule has 0 bridgehead atoms. The van der Waals surface area contributed by atoms with E-state index >= 15 is 0 Å². The van der Waals surface area contributed by atoms with E-state index < -0.39 is 28.5 Å². The van der Waals surface area contributed by atoms with Crippen LogP contribution in [0.15, 0.2) is 77.7 Å². The van der Waals surface area contributed by atoms with E-state index in [1.807, 2.05) is 19.1 Å². The minimum absolute atomic E-state index is 0.0431. The maximum Gasteiger partial charge on any atom is 0.264 e. The molecule has 0 saturated heterocycles. The third-order valence-electron chi connectivity index (χ3n) is 7.87. The lowest BCUT2D eigenvalue weighted by Gasteiger charge is -2.33. The Balaban J connectivity index is 1.70. The third-order valence-corrected chi connectivity index (χ3v) is 9.65. The van der Waals surface area contributed by atoms with Gasteiger partial charge < -0.3 is 19.7 Å². The first-order valence-corrected chi connectivity index (χ1v) is 16.0. The minimum Gasteiger partial charge on any atom is -0.497 e. The summed E-state index contributed by atoms with van der Waals surface area (Å²) in [6, 6.07) is 19.6. The van der Waals surface area contributed by atoms with Gasteiger partial charge in [0.1, 0.15) is 24.1 Å². The van der Waals surface area contributed by atoms with Crippen molar-refractivity contribution in [2.45, 2.75) is 69.5 Å². The number of nitrogens with zero attached hydrogens (tertiary/aromatic N) is 2. The maximum atomic E-state index is 14.2. The molecule has 43 heavy (non-hydrogen) atoms. The van der Waals surface area contributed by atoms with E-state index in [2.05, 4.69) is 5.32 Å². The number of nitrogens with one attached hydrogen (secondary N) is 1. The molecule has 1 fully saturated rings. The number of aryl methyl sites for hydroxylation is 1. The van der Waals surface area contributed by atoms with Crippen LogP contribution < -0.4 is 19.1 Å². The maximum absolute atomic E-state index is 14.2. The Bertz CT molecular complexity index is 1490. The predicted octanol–water partition coefficient (Wildman–Crippen LogP) is 5.07. The van der Waals surface area contributed by atoms with E-state index in [0.29, 0.717) is 11.5 Å². The van der Waals surface area contributed by atoms with E-state index in [4.69, 9.17) is 9.47 Å². The van der Waals surface area contributed by atoms with Crippen LogP contribution >= 0.6 is 0 Å². The molecule has 1 aliphatic rings. The first-order chi connectivity index (χ1) is 20.6. The number of rotatable bonds is 12. The normalized spacial score (nSPS) is 14.4. The molecule has 0 heterocycles. The number of ether oxygens (including phenoxy) is 2. The number of hydrogen-bond donors (Lipinski definition) is 1. The molecule has 1 saturated carbocycles. The summed E-state index contributed by atoms with van der Waals surface area (Å²) in [5.41, 5.74) is 1.90. The van der Waals surface area contributed by atoms with Gasteiger partial charge in [-0.3, -0.25) is 13.9 Å². The standard InChI is InChI=1S/C33H41N3O6S/c1-24-14-20-29(21-15-24)43(39,40)36(30-12-8-9-13-31(30)42-4)23-32(37)35(22-26-16-18-28(41-3)19-17-26)25(2)33(38)34-27-10-6-5-7-11-27/h8-9,12-21,25,27H,5-7,10-11,22-23H2,1-4H3,(H,34,38). The second-order valence-corrected chi connectivity index (χ2v) is 12.7. The molecule has 1 unspecified atom stereocenters. The number of methoxy groups -OCH3 is 2. The fourth-order valence-electron chi connectivity index (χ4n) is 5.27. The zero-order valence-corrected chi connectivity index (χ0v) is 26.1. The Labute approximate surface area is 254 Å². The summed E-state index contributed by atoms with van der Waals surface area (Å²) in [5, 5.41) is 3.12. The van der Waals surface area contributed by atoms with Crippen LogP contribution in [-0.4, -0.2) is 58.0 Å². The Morgan fingerprint density at radius 2 is 1.56 bits per heavy atom. The van der Waals surface area contributed by atoms with Crippen LogP contribution in [0.2, 0.25) is 0 Å². The van der Waals surface area contributed by atoms with Crippen molar-refractivity contribution in [3.8, 4) is 11.5 Å². The highest BCUT2D eigenvalue weighted by Crippen LogP contribution is 2.32. The van der Waals surface area contributed by atoms with Crippen LogP contribution in [0.25, 0.3) is 0 Å². The molecule has 0 aromatic heterocycles. The lowest BCUT2D eigenvalue weighted by atomic mass is 9.95. The van der Waals surface area contributed by atoms with Crippen LogP contribution in [0.4, 0.5) is 5.69 Å². The van der Waals surface area contributed by atoms with Gasteiger partial charge in [0.2, 0.25) is 11.8 Å². The van der Waals surface area contributed by atoms with E-state index in [-0.39, 0.29) is 29.1 Å². The molecule has 230 valence electrons. The van der Waals surface area contributed by atoms with Crippen LogP contribution in [0.5, 0.6) is 11.5 Å². The number of sulfonamides is 1. The smallest absolute Gasteiger partial charge is 0.264 e. The van der Waals surface area contributed by atoms with E-state index in [1.54, 1.807) is 62.6 Å². The highest BCUT2D eigenvalue weighted by atomic mass is 32.2. The topological polar surface area (TPSA) is 105 Å². The number of hydrogen-bond acceptors (Lipinski definition) is 6. The molecule has 3 aromatic rings.